The second-order valence-corrected chi connectivity index (χ2v) is 4.30. The number of para-hydroxylation sites is 2. The second-order valence-electron chi connectivity index (χ2n) is 4.30. The van der Waals surface area contributed by atoms with E-state index < -0.39 is 0 Å². The normalized spacial score (nSPS) is 12.1. The van der Waals surface area contributed by atoms with Crippen molar-refractivity contribution in [3.05, 3.63) is 30.0 Å². The van der Waals surface area contributed by atoms with E-state index in [0.29, 0.717) is 0 Å². The summed E-state index contributed by atoms with van der Waals surface area (Å²) in [6, 6.07) is 7.86. The summed E-state index contributed by atoms with van der Waals surface area (Å²) in [5.74, 6) is 3.53. The van der Waals surface area contributed by atoms with Crippen molar-refractivity contribution in [1.82, 2.24) is 9.97 Å². The van der Waals surface area contributed by atoms with Crippen LogP contribution >= 0.6 is 0 Å². The molecule has 0 spiro atoms. The van der Waals surface area contributed by atoms with Gasteiger partial charge in [-0.1, -0.05) is 31.4 Å². The number of rotatable bonds is 4. The maximum absolute atomic E-state index is 5.51. The molecule has 2 aromatic rings. The molecular formula is C15H17N3. The molecular weight excluding hydrogens is 222 g/mol. The summed E-state index contributed by atoms with van der Waals surface area (Å²) in [6.07, 6.45) is 7.49. The maximum Gasteiger partial charge on any atom is 0.149 e. The molecule has 2 rings (SSSR count). The first-order valence-electron chi connectivity index (χ1n) is 6.20. The number of nitrogens with one attached hydrogen (secondary N) is 1. The third-order valence-corrected chi connectivity index (χ3v) is 2.83. The first-order valence-corrected chi connectivity index (χ1v) is 6.20. The van der Waals surface area contributed by atoms with Gasteiger partial charge in [0.15, 0.2) is 0 Å². The average molecular weight is 239 g/mol. The zero-order chi connectivity index (χ0) is 13.0. The number of hydrogen-bond acceptors (Lipinski definition) is 3. The van der Waals surface area contributed by atoms with Gasteiger partial charge >= 0.3 is 0 Å². The van der Waals surface area contributed by atoms with Gasteiger partial charge in [0.1, 0.15) is 5.82 Å². The smallest absolute Gasteiger partial charge is 0.149 e. The van der Waals surface area contributed by atoms with Crippen LogP contribution in [0, 0.1) is 19.3 Å². The SMILES string of the molecule is C#CC(CCC)Nc1nc2ccccc2nc1C. The predicted molar refractivity (Wildman–Crippen MR) is 75.4 cm³/mol. The Morgan fingerprint density at radius 2 is 1.94 bits per heavy atom. The molecule has 0 fully saturated rings. The number of fused-ring (bicyclic) bond motifs is 1. The second kappa shape index (κ2) is 5.50. The summed E-state index contributed by atoms with van der Waals surface area (Å²) in [6.45, 7) is 4.06. The average Bonchev–Trinajstić information content (AvgIpc) is 2.39. The van der Waals surface area contributed by atoms with Gasteiger partial charge in [-0.3, -0.25) is 0 Å². The quantitative estimate of drug-likeness (QED) is 0.833. The van der Waals surface area contributed by atoms with Crippen LogP contribution < -0.4 is 5.32 Å². The lowest BCUT2D eigenvalue weighted by Crippen LogP contribution is -2.18. The molecule has 1 aromatic carbocycles. The Bertz CT molecular complexity index is 584. The predicted octanol–water partition coefficient (Wildman–Crippen LogP) is 3.15. The molecule has 0 bridgehead atoms. The highest BCUT2D eigenvalue weighted by Crippen LogP contribution is 2.17. The molecule has 1 N–H and O–H groups in total. The lowest BCUT2D eigenvalue weighted by atomic mass is 10.2. The molecule has 92 valence electrons. The molecule has 1 unspecified atom stereocenters. The monoisotopic (exact) mass is 239 g/mol. The molecule has 3 nitrogen and oxygen atoms in total. The van der Waals surface area contributed by atoms with E-state index in [1.54, 1.807) is 0 Å². The Morgan fingerprint density at radius 1 is 1.28 bits per heavy atom. The van der Waals surface area contributed by atoms with Crippen LogP contribution in [-0.4, -0.2) is 16.0 Å². The van der Waals surface area contributed by atoms with E-state index in [2.05, 4.69) is 28.1 Å². The highest BCUT2D eigenvalue weighted by Gasteiger charge is 2.09. The van der Waals surface area contributed by atoms with Crippen molar-refractivity contribution >= 4 is 16.9 Å². The first kappa shape index (κ1) is 12.4. The topological polar surface area (TPSA) is 37.8 Å². The van der Waals surface area contributed by atoms with Crippen molar-refractivity contribution in [2.45, 2.75) is 32.7 Å². The van der Waals surface area contributed by atoms with Crippen LogP contribution in [0.15, 0.2) is 24.3 Å². The molecule has 0 saturated carbocycles. The Kier molecular flexibility index (Phi) is 3.78. The molecule has 3 heteroatoms. The van der Waals surface area contributed by atoms with E-state index in [1.807, 2.05) is 31.2 Å². The summed E-state index contributed by atoms with van der Waals surface area (Å²) in [4.78, 5) is 9.11. The van der Waals surface area contributed by atoms with Gasteiger partial charge in [-0.05, 0) is 25.5 Å². The number of benzene rings is 1. The standard InChI is InChI=1S/C15H17N3/c1-4-8-12(5-2)17-15-11(3)16-13-9-6-7-10-14(13)18-15/h2,6-7,9-10,12H,4,8H2,1,3H3,(H,17,18). The molecule has 18 heavy (non-hydrogen) atoms. The lowest BCUT2D eigenvalue weighted by Gasteiger charge is -2.14. The number of aryl methyl sites for hydroxylation is 1. The Labute approximate surface area is 108 Å². The minimum absolute atomic E-state index is 0.0177. The van der Waals surface area contributed by atoms with Gasteiger partial charge in [-0.25, -0.2) is 9.97 Å². The molecule has 0 amide bonds. The van der Waals surface area contributed by atoms with Crippen molar-refractivity contribution in [2.75, 3.05) is 5.32 Å². The number of nitrogens with zero attached hydrogens (tertiary/aromatic N) is 2. The molecule has 0 saturated heterocycles. The van der Waals surface area contributed by atoms with Crippen LogP contribution in [0.3, 0.4) is 0 Å². The fourth-order valence-electron chi connectivity index (χ4n) is 1.88. The van der Waals surface area contributed by atoms with E-state index in [1.165, 1.54) is 0 Å². The van der Waals surface area contributed by atoms with E-state index in [4.69, 9.17) is 6.42 Å². The Hall–Kier alpha value is -2.08. The lowest BCUT2D eigenvalue weighted by molar-refractivity contribution is 0.751. The van der Waals surface area contributed by atoms with Crippen LogP contribution in [0.2, 0.25) is 0 Å². The number of anilines is 1. The summed E-state index contributed by atoms with van der Waals surface area (Å²) >= 11 is 0. The largest absolute Gasteiger partial charge is 0.355 e. The van der Waals surface area contributed by atoms with Gasteiger partial charge in [-0.2, -0.15) is 0 Å². The highest BCUT2D eigenvalue weighted by molar-refractivity contribution is 5.76. The van der Waals surface area contributed by atoms with Crippen LogP contribution in [0.1, 0.15) is 25.5 Å². The van der Waals surface area contributed by atoms with E-state index in [0.717, 1.165) is 35.4 Å². The van der Waals surface area contributed by atoms with Crippen LogP contribution in [0.25, 0.3) is 11.0 Å². The van der Waals surface area contributed by atoms with Gasteiger partial charge in [-0.15, -0.1) is 6.42 Å². The molecule has 0 aliphatic heterocycles. The fourth-order valence-corrected chi connectivity index (χ4v) is 1.88. The maximum atomic E-state index is 5.51. The zero-order valence-electron chi connectivity index (χ0n) is 10.8. The van der Waals surface area contributed by atoms with Crippen molar-refractivity contribution in [3.63, 3.8) is 0 Å². The summed E-state index contributed by atoms with van der Waals surface area (Å²) in [7, 11) is 0. The molecule has 0 radical (unpaired) electrons. The molecule has 0 aliphatic carbocycles. The third kappa shape index (κ3) is 2.60. The van der Waals surface area contributed by atoms with Crippen LogP contribution in [-0.2, 0) is 0 Å². The molecule has 1 atom stereocenters. The van der Waals surface area contributed by atoms with Gasteiger partial charge in [0, 0.05) is 0 Å². The molecule has 1 heterocycles. The van der Waals surface area contributed by atoms with Crippen molar-refractivity contribution in [2.24, 2.45) is 0 Å². The minimum Gasteiger partial charge on any atom is -0.355 e. The highest BCUT2D eigenvalue weighted by atomic mass is 15.0. The van der Waals surface area contributed by atoms with E-state index in [-0.39, 0.29) is 6.04 Å². The number of hydrogen-bond donors (Lipinski definition) is 1. The van der Waals surface area contributed by atoms with Gasteiger partial charge in [0.2, 0.25) is 0 Å². The summed E-state index contributed by atoms with van der Waals surface area (Å²) < 4.78 is 0. The Morgan fingerprint density at radius 3 is 2.56 bits per heavy atom. The van der Waals surface area contributed by atoms with Crippen LogP contribution in [0.5, 0.6) is 0 Å². The van der Waals surface area contributed by atoms with Gasteiger partial charge in [0.25, 0.3) is 0 Å². The van der Waals surface area contributed by atoms with Crippen molar-refractivity contribution < 1.29 is 0 Å². The summed E-state index contributed by atoms with van der Waals surface area (Å²) in [5.41, 5.74) is 2.68. The number of terminal acetylenes is 1. The van der Waals surface area contributed by atoms with Gasteiger partial charge < -0.3 is 5.32 Å². The molecule has 1 aromatic heterocycles. The van der Waals surface area contributed by atoms with Crippen molar-refractivity contribution in [3.8, 4) is 12.3 Å². The Balaban J connectivity index is 2.33. The summed E-state index contributed by atoms with van der Waals surface area (Å²) in [5, 5.41) is 3.28. The van der Waals surface area contributed by atoms with Crippen molar-refractivity contribution in [1.29, 1.82) is 0 Å². The first-order chi connectivity index (χ1) is 8.74. The zero-order valence-corrected chi connectivity index (χ0v) is 10.8. The minimum atomic E-state index is 0.0177. The van der Waals surface area contributed by atoms with E-state index >= 15 is 0 Å². The fraction of sp³-hybridized carbons (Fsp3) is 0.333. The van der Waals surface area contributed by atoms with Gasteiger partial charge in [0.05, 0.1) is 22.8 Å². The van der Waals surface area contributed by atoms with E-state index in [9.17, 15) is 0 Å². The third-order valence-electron chi connectivity index (χ3n) is 2.83. The van der Waals surface area contributed by atoms with Crippen LogP contribution in [0.4, 0.5) is 5.82 Å². The number of aromatic nitrogens is 2. The molecule has 0 aliphatic rings.